The van der Waals surface area contributed by atoms with Crippen molar-refractivity contribution in [3.8, 4) is 0 Å². The Morgan fingerprint density at radius 2 is 1.68 bits per heavy atom. The number of hydrogen-bond acceptors (Lipinski definition) is 4. The van der Waals surface area contributed by atoms with Crippen LogP contribution in [0, 0.1) is 0 Å². The molecule has 4 heteroatoms. The van der Waals surface area contributed by atoms with Gasteiger partial charge in [0.1, 0.15) is 5.82 Å². The monoisotopic (exact) mass is 256 g/mol. The second-order valence-electron chi connectivity index (χ2n) is 4.91. The van der Waals surface area contributed by atoms with Crippen LogP contribution < -0.4 is 5.73 Å². The van der Waals surface area contributed by atoms with E-state index in [1.54, 1.807) is 12.4 Å². The van der Waals surface area contributed by atoms with Gasteiger partial charge in [-0.05, 0) is 37.6 Å². The minimum atomic E-state index is 0.432. The SMILES string of the molecule is CC(C)N(Cc1ccc(N)cc1)Cc1ncccn1. The van der Waals surface area contributed by atoms with Gasteiger partial charge in [-0.15, -0.1) is 0 Å². The summed E-state index contributed by atoms with van der Waals surface area (Å²) < 4.78 is 0. The number of rotatable bonds is 5. The number of nitrogens with two attached hydrogens (primary N) is 1. The number of nitrogens with zero attached hydrogens (tertiary/aromatic N) is 3. The van der Waals surface area contributed by atoms with Crippen LogP contribution in [0.2, 0.25) is 0 Å². The number of aromatic nitrogens is 2. The minimum Gasteiger partial charge on any atom is -0.399 e. The number of benzene rings is 1. The van der Waals surface area contributed by atoms with E-state index < -0.39 is 0 Å². The van der Waals surface area contributed by atoms with Gasteiger partial charge in [0.25, 0.3) is 0 Å². The predicted molar refractivity (Wildman–Crippen MR) is 77.3 cm³/mol. The predicted octanol–water partition coefficient (Wildman–Crippen LogP) is 2.47. The Morgan fingerprint density at radius 1 is 1.05 bits per heavy atom. The maximum atomic E-state index is 5.71. The Balaban J connectivity index is 2.06. The van der Waals surface area contributed by atoms with Gasteiger partial charge in [0.05, 0.1) is 6.54 Å². The van der Waals surface area contributed by atoms with E-state index in [2.05, 4.69) is 40.8 Å². The van der Waals surface area contributed by atoms with Crippen LogP contribution in [-0.2, 0) is 13.1 Å². The largest absolute Gasteiger partial charge is 0.399 e. The van der Waals surface area contributed by atoms with E-state index in [0.29, 0.717) is 6.04 Å². The van der Waals surface area contributed by atoms with Gasteiger partial charge in [-0.2, -0.15) is 0 Å². The Bertz CT molecular complexity index is 493. The van der Waals surface area contributed by atoms with Gasteiger partial charge < -0.3 is 5.73 Å². The fourth-order valence-electron chi connectivity index (χ4n) is 1.87. The summed E-state index contributed by atoms with van der Waals surface area (Å²) in [6.45, 7) is 5.99. The summed E-state index contributed by atoms with van der Waals surface area (Å²) in [5.74, 6) is 0.853. The second kappa shape index (κ2) is 6.29. The molecule has 0 aliphatic carbocycles. The minimum absolute atomic E-state index is 0.432. The third-order valence-electron chi connectivity index (χ3n) is 3.06. The van der Waals surface area contributed by atoms with Crippen molar-refractivity contribution in [3.63, 3.8) is 0 Å². The van der Waals surface area contributed by atoms with Crippen molar-refractivity contribution in [3.05, 3.63) is 54.1 Å². The van der Waals surface area contributed by atoms with Gasteiger partial charge in [-0.25, -0.2) is 9.97 Å². The van der Waals surface area contributed by atoms with Crippen molar-refractivity contribution in [2.45, 2.75) is 33.0 Å². The van der Waals surface area contributed by atoms with E-state index in [1.165, 1.54) is 5.56 Å². The normalized spacial score (nSPS) is 11.2. The van der Waals surface area contributed by atoms with Gasteiger partial charge in [0.15, 0.2) is 0 Å². The first kappa shape index (κ1) is 13.5. The van der Waals surface area contributed by atoms with E-state index in [0.717, 1.165) is 24.6 Å². The topological polar surface area (TPSA) is 55.0 Å². The van der Waals surface area contributed by atoms with Gasteiger partial charge in [-0.1, -0.05) is 12.1 Å². The first-order valence-corrected chi connectivity index (χ1v) is 6.49. The van der Waals surface area contributed by atoms with Crippen LogP contribution >= 0.6 is 0 Å². The second-order valence-corrected chi connectivity index (χ2v) is 4.91. The van der Waals surface area contributed by atoms with Crippen molar-refractivity contribution in [1.29, 1.82) is 0 Å². The molecule has 2 rings (SSSR count). The van der Waals surface area contributed by atoms with Crippen LogP contribution in [0.3, 0.4) is 0 Å². The van der Waals surface area contributed by atoms with Crippen LogP contribution in [0.25, 0.3) is 0 Å². The molecule has 0 spiro atoms. The zero-order valence-electron chi connectivity index (χ0n) is 11.5. The lowest BCUT2D eigenvalue weighted by Crippen LogP contribution is -2.30. The molecule has 0 unspecified atom stereocenters. The highest BCUT2D eigenvalue weighted by atomic mass is 15.2. The van der Waals surface area contributed by atoms with Crippen LogP contribution in [0.4, 0.5) is 5.69 Å². The Kier molecular flexibility index (Phi) is 4.47. The molecule has 0 atom stereocenters. The van der Waals surface area contributed by atoms with Crippen molar-refractivity contribution >= 4 is 5.69 Å². The van der Waals surface area contributed by atoms with Gasteiger partial charge in [0, 0.05) is 30.7 Å². The lowest BCUT2D eigenvalue weighted by Gasteiger charge is -2.25. The third-order valence-corrected chi connectivity index (χ3v) is 3.06. The van der Waals surface area contributed by atoms with E-state index >= 15 is 0 Å². The zero-order chi connectivity index (χ0) is 13.7. The summed E-state index contributed by atoms with van der Waals surface area (Å²) in [5, 5.41) is 0. The number of nitrogen functional groups attached to an aromatic ring is 1. The van der Waals surface area contributed by atoms with Gasteiger partial charge in [-0.3, -0.25) is 4.90 Å². The standard InChI is InChI=1S/C15H20N4/c1-12(2)19(11-15-17-8-3-9-18-15)10-13-4-6-14(16)7-5-13/h3-9,12H,10-11,16H2,1-2H3. The molecule has 0 aliphatic rings. The molecule has 0 radical (unpaired) electrons. The molecule has 0 saturated heterocycles. The van der Waals surface area contributed by atoms with Gasteiger partial charge in [0.2, 0.25) is 0 Å². The molecule has 19 heavy (non-hydrogen) atoms. The van der Waals surface area contributed by atoms with E-state index in [1.807, 2.05) is 18.2 Å². The Hall–Kier alpha value is -1.94. The van der Waals surface area contributed by atoms with Gasteiger partial charge >= 0.3 is 0 Å². The molecule has 0 saturated carbocycles. The highest BCUT2D eigenvalue weighted by Gasteiger charge is 2.12. The number of anilines is 1. The molecule has 0 amide bonds. The third kappa shape index (κ3) is 4.03. The summed E-state index contributed by atoms with van der Waals surface area (Å²) >= 11 is 0. The molecule has 1 heterocycles. The highest BCUT2D eigenvalue weighted by molar-refractivity contribution is 5.39. The van der Waals surface area contributed by atoms with Crippen molar-refractivity contribution in [2.75, 3.05) is 5.73 Å². The molecule has 0 aliphatic heterocycles. The molecule has 1 aromatic heterocycles. The van der Waals surface area contributed by atoms with Crippen LogP contribution in [0.15, 0.2) is 42.7 Å². The fourth-order valence-corrected chi connectivity index (χ4v) is 1.87. The van der Waals surface area contributed by atoms with E-state index in [-0.39, 0.29) is 0 Å². The molecule has 2 N–H and O–H groups in total. The van der Waals surface area contributed by atoms with E-state index in [4.69, 9.17) is 5.73 Å². The summed E-state index contributed by atoms with van der Waals surface area (Å²) in [6, 6.07) is 10.3. The van der Waals surface area contributed by atoms with Crippen LogP contribution in [0.5, 0.6) is 0 Å². The molecule has 0 fully saturated rings. The van der Waals surface area contributed by atoms with E-state index in [9.17, 15) is 0 Å². The molecular formula is C15H20N4. The van der Waals surface area contributed by atoms with Crippen molar-refractivity contribution in [1.82, 2.24) is 14.9 Å². The highest BCUT2D eigenvalue weighted by Crippen LogP contribution is 2.12. The lowest BCUT2D eigenvalue weighted by atomic mass is 10.1. The summed E-state index contributed by atoms with van der Waals surface area (Å²) in [5.41, 5.74) is 7.75. The fraction of sp³-hybridized carbons (Fsp3) is 0.333. The summed E-state index contributed by atoms with van der Waals surface area (Å²) in [6.07, 6.45) is 3.56. The molecule has 4 nitrogen and oxygen atoms in total. The van der Waals surface area contributed by atoms with Crippen LogP contribution in [-0.4, -0.2) is 20.9 Å². The lowest BCUT2D eigenvalue weighted by molar-refractivity contribution is 0.198. The zero-order valence-corrected chi connectivity index (χ0v) is 11.5. The molecule has 2 aromatic rings. The average molecular weight is 256 g/mol. The molecule has 100 valence electrons. The molecule has 1 aromatic carbocycles. The maximum Gasteiger partial charge on any atom is 0.142 e. The Labute approximate surface area is 114 Å². The van der Waals surface area contributed by atoms with Crippen molar-refractivity contribution in [2.24, 2.45) is 0 Å². The summed E-state index contributed by atoms with van der Waals surface area (Å²) in [4.78, 5) is 10.9. The van der Waals surface area contributed by atoms with Crippen molar-refractivity contribution < 1.29 is 0 Å². The maximum absolute atomic E-state index is 5.71. The van der Waals surface area contributed by atoms with Crippen LogP contribution in [0.1, 0.15) is 25.2 Å². The quantitative estimate of drug-likeness (QED) is 0.835. The molecule has 0 bridgehead atoms. The first-order valence-electron chi connectivity index (χ1n) is 6.49. The summed E-state index contributed by atoms with van der Waals surface area (Å²) in [7, 11) is 0. The average Bonchev–Trinajstić information content (AvgIpc) is 2.41. The molecular weight excluding hydrogens is 236 g/mol. The Morgan fingerprint density at radius 3 is 2.26 bits per heavy atom. The number of hydrogen-bond donors (Lipinski definition) is 1. The first-order chi connectivity index (χ1) is 9.15. The smallest absolute Gasteiger partial charge is 0.142 e.